The second-order valence-corrected chi connectivity index (χ2v) is 5.04. The highest BCUT2D eigenvalue weighted by Gasteiger charge is 2.19. The molecule has 0 bridgehead atoms. The van der Waals surface area contributed by atoms with Crippen LogP contribution in [0.4, 0.5) is 0 Å². The van der Waals surface area contributed by atoms with Crippen molar-refractivity contribution in [3.63, 3.8) is 0 Å². The molecule has 0 amide bonds. The summed E-state index contributed by atoms with van der Waals surface area (Å²) in [5.41, 5.74) is 0. The maximum absolute atomic E-state index is 11.6. The van der Waals surface area contributed by atoms with Gasteiger partial charge in [-0.1, -0.05) is 18.2 Å². The summed E-state index contributed by atoms with van der Waals surface area (Å²) in [5, 5.41) is 8.72. The third kappa shape index (κ3) is 2.69. The van der Waals surface area contributed by atoms with Crippen LogP contribution < -0.4 is 5.30 Å². The fourth-order valence-corrected chi connectivity index (χ4v) is 2.29. The van der Waals surface area contributed by atoms with Crippen LogP contribution in [-0.4, -0.2) is 11.1 Å². The van der Waals surface area contributed by atoms with Crippen molar-refractivity contribution in [2.45, 2.75) is 6.42 Å². The number of hydrogen-bond donors (Lipinski definition) is 1. The van der Waals surface area contributed by atoms with Crippen molar-refractivity contribution in [1.82, 2.24) is 0 Å². The van der Waals surface area contributed by atoms with Crippen LogP contribution in [0.2, 0.25) is 0 Å². The summed E-state index contributed by atoms with van der Waals surface area (Å²) >= 11 is 0. The Kier molecular flexibility index (Phi) is 3.25. The smallest absolute Gasteiger partial charge is 0.230 e. The van der Waals surface area contributed by atoms with Crippen LogP contribution in [0.5, 0.6) is 0 Å². The van der Waals surface area contributed by atoms with Crippen LogP contribution in [0.3, 0.4) is 0 Å². The van der Waals surface area contributed by atoms with Gasteiger partial charge in [0.15, 0.2) is 0 Å². The monoisotopic (exact) mass is 195 g/mol. The van der Waals surface area contributed by atoms with Gasteiger partial charge < -0.3 is 4.89 Å². The van der Waals surface area contributed by atoms with Gasteiger partial charge in [0, 0.05) is 17.9 Å². The molecule has 0 aliphatic carbocycles. The fraction of sp³-hybridized carbons (Fsp3) is 0.222. The number of hydrogen-bond acceptors (Lipinski definition) is 2. The van der Waals surface area contributed by atoms with E-state index in [1.807, 2.05) is 6.07 Å². The lowest BCUT2D eigenvalue weighted by atomic mass is 10.4. The molecule has 0 saturated carbocycles. The topological polar surface area (TPSA) is 61.1 Å². The Bertz CT molecular complexity index is 356. The molecule has 0 spiro atoms. The van der Waals surface area contributed by atoms with E-state index in [9.17, 15) is 9.46 Å². The van der Waals surface area contributed by atoms with E-state index in [1.54, 1.807) is 30.3 Å². The summed E-state index contributed by atoms with van der Waals surface area (Å²) < 4.78 is 11.6. The quantitative estimate of drug-likeness (QED) is 0.743. The van der Waals surface area contributed by atoms with Crippen LogP contribution in [0.15, 0.2) is 30.3 Å². The van der Waals surface area contributed by atoms with Gasteiger partial charge in [-0.3, -0.25) is 4.57 Å². The summed E-state index contributed by atoms with van der Waals surface area (Å²) in [4.78, 5) is 9.52. The van der Waals surface area contributed by atoms with E-state index >= 15 is 0 Å². The molecule has 3 nitrogen and oxygen atoms in total. The molecule has 0 aliphatic heterocycles. The summed E-state index contributed by atoms with van der Waals surface area (Å²) in [6, 6.07) is 10.3. The minimum Gasteiger partial charge on any atom is -0.341 e. The molecule has 0 heterocycles. The van der Waals surface area contributed by atoms with E-state index < -0.39 is 7.37 Å². The molecule has 1 aromatic carbocycles. The lowest BCUT2D eigenvalue weighted by molar-refractivity contribution is 0.490. The molecule has 13 heavy (non-hydrogen) atoms. The predicted octanol–water partition coefficient (Wildman–Crippen LogP) is 1.50. The van der Waals surface area contributed by atoms with Crippen LogP contribution in [0.1, 0.15) is 6.42 Å². The highest BCUT2D eigenvalue weighted by molar-refractivity contribution is 7.66. The number of nitriles is 1. The number of nitrogens with zero attached hydrogens (tertiary/aromatic N) is 1. The van der Waals surface area contributed by atoms with Crippen LogP contribution >= 0.6 is 7.37 Å². The molecule has 1 aromatic rings. The molecule has 1 atom stereocenters. The Morgan fingerprint density at radius 3 is 2.54 bits per heavy atom. The van der Waals surface area contributed by atoms with Crippen molar-refractivity contribution in [1.29, 1.82) is 5.26 Å². The van der Waals surface area contributed by atoms with Crippen molar-refractivity contribution in [2.75, 3.05) is 6.16 Å². The van der Waals surface area contributed by atoms with Crippen LogP contribution in [0.25, 0.3) is 0 Å². The molecule has 0 aromatic heterocycles. The molecule has 4 heteroatoms. The average Bonchev–Trinajstić information content (AvgIpc) is 2.16. The van der Waals surface area contributed by atoms with Gasteiger partial charge in [-0.05, 0) is 12.1 Å². The van der Waals surface area contributed by atoms with Gasteiger partial charge >= 0.3 is 0 Å². The SMILES string of the molecule is N#CCCP(=O)(O)c1ccccc1. The van der Waals surface area contributed by atoms with Gasteiger partial charge in [-0.25, -0.2) is 0 Å². The van der Waals surface area contributed by atoms with E-state index in [4.69, 9.17) is 5.26 Å². The lowest BCUT2D eigenvalue weighted by Crippen LogP contribution is -2.05. The highest BCUT2D eigenvalue weighted by atomic mass is 31.2. The van der Waals surface area contributed by atoms with Gasteiger partial charge in [0.1, 0.15) is 0 Å². The molecule has 1 unspecified atom stereocenters. The summed E-state index contributed by atoms with van der Waals surface area (Å²) in [5.74, 6) is 0. The third-order valence-corrected chi connectivity index (χ3v) is 3.62. The molecule has 0 aliphatic rings. The number of rotatable bonds is 3. The summed E-state index contributed by atoms with van der Waals surface area (Å²) in [6.45, 7) is 0. The van der Waals surface area contributed by atoms with E-state index in [1.165, 1.54) is 0 Å². The lowest BCUT2D eigenvalue weighted by Gasteiger charge is -2.08. The Morgan fingerprint density at radius 2 is 2.00 bits per heavy atom. The zero-order valence-corrected chi connectivity index (χ0v) is 7.95. The standard InChI is InChI=1S/C9H10NO2P/c10-7-4-8-13(11,12)9-5-2-1-3-6-9/h1-3,5-6H,4,8H2,(H,11,12). The second kappa shape index (κ2) is 4.23. The van der Waals surface area contributed by atoms with Gasteiger partial charge in [-0.2, -0.15) is 5.26 Å². The first-order chi connectivity index (χ1) is 6.17. The zero-order valence-electron chi connectivity index (χ0n) is 7.05. The molecule has 0 radical (unpaired) electrons. The summed E-state index contributed by atoms with van der Waals surface area (Å²) in [6.07, 6.45) is 0.149. The Balaban J connectivity index is 2.83. The van der Waals surface area contributed by atoms with Crippen molar-refractivity contribution in [3.8, 4) is 6.07 Å². The van der Waals surface area contributed by atoms with E-state index in [2.05, 4.69) is 0 Å². The predicted molar refractivity (Wildman–Crippen MR) is 51.0 cm³/mol. The van der Waals surface area contributed by atoms with Gasteiger partial charge in [0.2, 0.25) is 7.37 Å². The van der Waals surface area contributed by atoms with Crippen molar-refractivity contribution in [2.24, 2.45) is 0 Å². The summed E-state index contributed by atoms with van der Waals surface area (Å²) in [7, 11) is -3.28. The molecular formula is C9H10NO2P. The molecular weight excluding hydrogens is 185 g/mol. The molecule has 68 valence electrons. The van der Waals surface area contributed by atoms with Crippen LogP contribution in [-0.2, 0) is 4.57 Å². The third-order valence-electron chi connectivity index (χ3n) is 1.69. The molecule has 0 saturated heterocycles. The molecule has 1 N–H and O–H groups in total. The van der Waals surface area contributed by atoms with Crippen molar-refractivity contribution in [3.05, 3.63) is 30.3 Å². The maximum atomic E-state index is 11.6. The zero-order chi connectivity index (χ0) is 9.73. The van der Waals surface area contributed by atoms with E-state index in [-0.39, 0.29) is 12.6 Å². The first-order valence-corrected chi connectivity index (χ1v) is 5.76. The Labute approximate surface area is 77.1 Å². The van der Waals surface area contributed by atoms with E-state index in [0.717, 1.165) is 0 Å². The number of benzene rings is 1. The van der Waals surface area contributed by atoms with Gasteiger partial charge in [0.05, 0.1) is 6.07 Å². The Hall–Kier alpha value is -1.10. The van der Waals surface area contributed by atoms with Crippen LogP contribution in [0, 0.1) is 11.3 Å². The van der Waals surface area contributed by atoms with Crippen molar-refractivity contribution >= 4 is 12.7 Å². The van der Waals surface area contributed by atoms with Gasteiger partial charge in [0.25, 0.3) is 0 Å². The largest absolute Gasteiger partial charge is 0.341 e. The minimum absolute atomic E-state index is 0.0352. The van der Waals surface area contributed by atoms with E-state index in [0.29, 0.717) is 5.30 Å². The Morgan fingerprint density at radius 1 is 1.38 bits per heavy atom. The molecule has 0 fully saturated rings. The second-order valence-electron chi connectivity index (χ2n) is 2.67. The maximum Gasteiger partial charge on any atom is 0.230 e. The first kappa shape index (κ1) is 9.98. The molecule has 1 rings (SSSR count). The van der Waals surface area contributed by atoms with Gasteiger partial charge in [-0.15, -0.1) is 0 Å². The highest BCUT2D eigenvalue weighted by Crippen LogP contribution is 2.39. The average molecular weight is 195 g/mol. The first-order valence-electron chi connectivity index (χ1n) is 3.91. The van der Waals surface area contributed by atoms with Crippen molar-refractivity contribution < 1.29 is 9.46 Å². The normalized spacial score (nSPS) is 14.5. The fourth-order valence-electron chi connectivity index (χ4n) is 0.992. The minimum atomic E-state index is -3.28.